The molecule has 4 rings (SSSR count). The van der Waals surface area contributed by atoms with Crippen molar-refractivity contribution in [2.75, 3.05) is 32.8 Å². The molecule has 2 aliphatic heterocycles. The third kappa shape index (κ3) is 6.16. The number of ether oxygens (including phenoxy) is 1. The molecule has 0 atom stereocenters. The third-order valence-electron chi connectivity index (χ3n) is 5.64. The van der Waals surface area contributed by atoms with Gasteiger partial charge >= 0.3 is 12.1 Å². The topological polar surface area (TPSA) is 100 Å². The predicted octanol–water partition coefficient (Wildman–Crippen LogP) is 1.96. The highest BCUT2D eigenvalue weighted by atomic mass is 19.4. The van der Waals surface area contributed by atoms with Crippen LogP contribution in [0.5, 0.6) is 0 Å². The van der Waals surface area contributed by atoms with E-state index in [1.165, 1.54) is 12.8 Å². The highest BCUT2D eigenvalue weighted by molar-refractivity contribution is 5.94. The van der Waals surface area contributed by atoms with Crippen LogP contribution in [-0.4, -0.2) is 82.2 Å². The molecule has 1 aromatic heterocycles. The zero-order valence-electron chi connectivity index (χ0n) is 16.8. The minimum absolute atomic E-state index is 0.0500. The maximum atomic E-state index is 12.5. The normalized spacial score (nSPS) is 20.8. The quantitative estimate of drug-likeness (QED) is 0.767. The lowest BCUT2D eigenvalue weighted by Gasteiger charge is -2.47. The summed E-state index contributed by atoms with van der Waals surface area (Å²) in [6.07, 6.45) is 2.27. The number of carboxylic acid groups (broad SMARTS) is 1. The summed E-state index contributed by atoms with van der Waals surface area (Å²) in [5, 5.41) is 7.12. The van der Waals surface area contributed by atoms with E-state index in [-0.39, 0.29) is 24.0 Å². The minimum Gasteiger partial charge on any atom is -0.475 e. The van der Waals surface area contributed by atoms with Crippen molar-refractivity contribution in [3.05, 3.63) is 30.1 Å². The lowest BCUT2D eigenvalue weighted by molar-refractivity contribution is -0.192. The van der Waals surface area contributed by atoms with Gasteiger partial charge in [-0.25, -0.2) is 4.79 Å². The molecule has 8 nitrogen and oxygen atoms in total. The molecule has 0 aromatic carbocycles. The standard InChI is InChI=1S/C18H23N3O3.C2HF3O2/c22-16-12-24-18(13-21(16)11-14-1-2-14)5-9-20(10-6-18)17(23)15-3-7-19-8-4-15;3-2(4,5)1(6)7/h3-4,7-8,14H,1-2,5-6,9-13H2;(H,6,7). The van der Waals surface area contributed by atoms with Crippen LogP contribution in [0.25, 0.3) is 0 Å². The first-order valence-corrected chi connectivity index (χ1v) is 10.0. The van der Waals surface area contributed by atoms with Gasteiger partial charge in [-0.3, -0.25) is 14.6 Å². The number of morpholine rings is 1. The molecular formula is C20H24F3N3O5. The fraction of sp³-hybridized carbons (Fsp3) is 0.600. The smallest absolute Gasteiger partial charge is 0.475 e. The maximum absolute atomic E-state index is 12.5. The van der Waals surface area contributed by atoms with Gasteiger partial charge in [0.2, 0.25) is 5.91 Å². The van der Waals surface area contributed by atoms with Crippen molar-refractivity contribution in [1.82, 2.24) is 14.8 Å². The van der Waals surface area contributed by atoms with Crippen molar-refractivity contribution < 1.29 is 37.4 Å². The second-order valence-electron chi connectivity index (χ2n) is 8.02. The lowest BCUT2D eigenvalue weighted by Crippen LogP contribution is -2.59. The van der Waals surface area contributed by atoms with Gasteiger partial charge in [-0.15, -0.1) is 0 Å². The van der Waals surface area contributed by atoms with Gasteiger partial charge < -0.3 is 19.6 Å². The number of halogens is 3. The zero-order valence-corrected chi connectivity index (χ0v) is 16.8. The molecule has 3 heterocycles. The van der Waals surface area contributed by atoms with E-state index in [1.54, 1.807) is 24.5 Å². The van der Waals surface area contributed by atoms with Crippen molar-refractivity contribution in [3.63, 3.8) is 0 Å². The fourth-order valence-electron chi connectivity index (χ4n) is 3.66. The first kappa shape index (κ1) is 23.0. The predicted molar refractivity (Wildman–Crippen MR) is 101 cm³/mol. The van der Waals surface area contributed by atoms with Gasteiger partial charge in [-0.1, -0.05) is 0 Å². The first-order valence-electron chi connectivity index (χ1n) is 10.0. The number of rotatable bonds is 3. The Bertz CT molecular complexity index is 806. The molecule has 3 fully saturated rings. The number of carboxylic acids is 1. The Balaban J connectivity index is 0.000000339. The lowest BCUT2D eigenvalue weighted by atomic mass is 9.89. The number of carbonyl (C=O) groups is 3. The maximum Gasteiger partial charge on any atom is 0.490 e. The summed E-state index contributed by atoms with van der Waals surface area (Å²) in [7, 11) is 0. The summed E-state index contributed by atoms with van der Waals surface area (Å²) >= 11 is 0. The molecule has 170 valence electrons. The summed E-state index contributed by atoms with van der Waals surface area (Å²) in [5.74, 6) is -1.90. The fourth-order valence-corrected chi connectivity index (χ4v) is 3.66. The van der Waals surface area contributed by atoms with E-state index in [0.29, 0.717) is 31.1 Å². The van der Waals surface area contributed by atoms with Crippen LogP contribution in [0.1, 0.15) is 36.0 Å². The Kier molecular flexibility index (Phi) is 6.83. The number of piperidine rings is 1. The average molecular weight is 443 g/mol. The first-order chi connectivity index (χ1) is 14.6. The number of hydrogen-bond acceptors (Lipinski definition) is 5. The van der Waals surface area contributed by atoms with Crippen LogP contribution in [0.2, 0.25) is 0 Å². The largest absolute Gasteiger partial charge is 0.490 e. The van der Waals surface area contributed by atoms with Crippen molar-refractivity contribution in [2.24, 2.45) is 5.92 Å². The van der Waals surface area contributed by atoms with E-state index in [4.69, 9.17) is 14.6 Å². The summed E-state index contributed by atoms with van der Waals surface area (Å²) in [5.41, 5.74) is 0.411. The summed E-state index contributed by atoms with van der Waals surface area (Å²) < 4.78 is 37.7. The van der Waals surface area contributed by atoms with E-state index in [2.05, 4.69) is 4.98 Å². The number of hydrogen-bond donors (Lipinski definition) is 1. The van der Waals surface area contributed by atoms with Gasteiger partial charge in [0.15, 0.2) is 0 Å². The van der Waals surface area contributed by atoms with Crippen LogP contribution in [0, 0.1) is 5.92 Å². The number of nitrogens with zero attached hydrogens (tertiary/aromatic N) is 3. The van der Waals surface area contributed by atoms with Crippen LogP contribution in [0.3, 0.4) is 0 Å². The summed E-state index contributed by atoms with van der Waals surface area (Å²) in [6, 6.07) is 3.50. The van der Waals surface area contributed by atoms with E-state index in [1.807, 2.05) is 9.80 Å². The van der Waals surface area contributed by atoms with E-state index < -0.39 is 12.1 Å². The molecule has 1 N–H and O–H groups in total. The number of aromatic nitrogens is 1. The molecule has 1 spiro atoms. The Hall–Kier alpha value is -2.69. The highest BCUT2D eigenvalue weighted by Crippen LogP contribution is 2.35. The van der Waals surface area contributed by atoms with Crippen LogP contribution in [0.15, 0.2) is 24.5 Å². The Morgan fingerprint density at radius 3 is 2.29 bits per heavy atom. The van der Waals surface area contributed by atoms with Gasteiger partial charge in [0.05, 0.1) is 5.60 Å². The van der Waals surface area contributed by atoms with Crippen LogP contribution < -0.4 is 0 Å². The Labute approximate surface area is 177 Å². The molecule has 1 aromatic rings. The number of pyridine rings is 1. The van der Waals surface area contributed by atoms with Gasteiger partial charge in [0, 0.05) is 44.1 Å². The monoisotopic (exact) mass is 443 g/mol. The van der Waals surface area contributed by atoms with E-state index in [0.717, 1.165) is 19.4 Å². The van der Waals surface area contributed by atoms with Crippen molar-refractivity contribution in [1.29, 1.82) is 0 Å². The number of likely N-dealkylation sites (tertiary alicyclic amines) is 1. The number of alkyl halides is 3. The van der Waals surface area contributed by atoms with E-state index in [9.17, 15) is 22.8 Å². The second kappa shape index (κ2) is 9.21. The molecule has 1 saturated carbocycles. The van der Waals surface area contributed by atoms with Crippen LogP contribution >= 0.6 is 0 Å². The molecule has 11 heteroatoms. The molecule has 0 bridgehead atoms. The summed E-state index contributed by atoms with van der Waals surface area (Å²) in [4.78, 5) is 41.3. The van der Waals surface area contributed by atoms with Crippen LogP contribution in [-0.2, 0) is 14.3 Å². The Morgan fingerprint density at radius 1 is 1.19 bits per heavy atom. The highest BCUT2D eigenvalue weighted by Gasteiger charge is 2.44. The zero-order chi connectivity index (χ0) is 22.6. The SMILES string of the molecule is O=C(O)C(F)(F)F.O=C1COC2(CCN(C(=O)c3ccncc3)CC2)CN1CC1CC1. The average Bonchev–Trinajstić information content (AvgIpc) is 3.56. The second-order valence-corrected chi connectivity index (χ2v) is 8.02. The van der Waals surface area contributed by atoms with E-state index >= 15 is 0 Å². The number of aliphatic carboxylic acids is 1. The Morgan fingerprint density at radius 2 is 1.77 bits per heavy atom. The van der Waals surface area contributed by atoms with Gasteiger partial charge in [-0.2, -0.15) is 13.2 Å². The third-order valence-corrected chi connectivity index (χ3v) is 5.64. The summed E-state index contributed by atoms with van der Waals surface area (Å²) in [6.45, 7) is 3.09. The number of carbonyl (C=O) groups excluding carboxylic acids is 2. The minimum atomic E-state index is -5.08. The van der Waals surface area contributed by atoms with Gasteiger partial charge in [0.1, 0.15) is 6.61 Å². The van der Waals surface area contributed by atoms with Crippen molar-refractivity contribution in [3.8, 4) is 0 Å². The molecule has 0 unspecified atom stereocenters. The molecular weight excluding hydrogens is 419 g/mol. The van der Waals surface area contributed by atoms with Crippen molar-refractivity contribution >= 4 is 17.8 Å². The molecule has 2 saturated heterocycles. The van der Waals surface area contributed by atoms with Gasteiger partial charge in [0.25, 0.3) is 5.91 Å². The molecule has 0 radical (unpaired) electrons. The number of amides is 2. The molecule has 2 amide bonds. The molecule has 31 heavy (non-hydrogen) atoms. The van der Waals surface area contributed by atoms with Gasteiger partial charge in [-0.05, 0) is 43.7 Å². The van der Waals surface area contributed by atoms with Crippen LogP contribution in [0.4, 0.5) is 13.2 Å². The molecule has 3 aliphatic rings. The molecule has 1 aliphatic carbocycles. The van der Waals surface area contributed by atoms with Crippen molar-refractivity contribution in [2.45, 2.75) is 37.5 Å².